The first-order valence-corrected chi connectivity index (χ1v) is 5.97. The average Bonchev–Trinajstić information content (AvgIpc) is 2.56. The second-order valence-electron chi connectivity index (χ2n) is 4.96. The molecule has 0 bridgehead atoms. The summed E-state index contributed by atoms with van der Waals surface area (Å²) in [6.45, 7) is 3.53. The average molecular weight is 245 g/mol. The molecule has 2 unspecified atom stereocenters. The Morgan fingerprint density at radius 2 is 2.00 bits per heavy atom. The third kappa shape index (κ3) is 1.84. The first kappa shape index (κ1) is 11.8. The Balaban J connectivity index is 2.45. The zero-order valence-corrected chi connectivity index (χ0v) is 10.2. The summed E-state index contributed by atoms with van der Waals surface area (Å²) in [6.07, 6.45) is 2.40. The molecular formula is C13H15ClF2. The summed E-state index contributed by atoms with van der Waals surface area (Å²) >= 11 is 6.05. The number of rotatable bonds is 1. The predicted octanol–water partition coefficient (Wildman–Crippen LogP) is 4.32. The van der Waals surface area contributed by atoms with E-state index in [0.717, 1.165) is 12.8 Å². The molecule has 0 N–H and O–H groups in total. The van der Waals surface area contributed by atoms with Gasteiger partial charge in [-0.15, -0.1) is 11.6 Å². The second kappa shape index (κ2) is 3.99. The van der Waals surface area contributed by atoms with E-state index in [0.29, 0.717) is 17.5 Å². The molecule has 0 nitrogen and oxygen atoms in total. The first-order chi connectivity index (χ1) is 7.44. The first-order valence-electron chi connectivity index (χ1n) is 5.53. The van der Waals surface area contributed by atoms with Gasteiger partial charge in [0.2, 0.25) is 0 Å². The third-order valence-corrected chi connectivity index (χ3v) is 3.98. The zero-order chi connectivity index (χ0) is 11.9. The fourth-order valence-corrected chi connectivity index (χ4v) is 2.97. The maximum atomic E-state index is 13.9. The minimum atomic E-state index is -0.725. The highest BCUT2D eigenvalue weighted by atomic mass is 35.5. The van der Waals surface area contributed by atoms with Crippen molar-refractivity contribution in [2.75, 3.05) is 0 Å². The van der Waals surface area contributed by atoms with Crippen LogP contribution in [-0.4, -0.2) is 5.38 Å². The molecule has 1 aromatic rings. The minimum absolute atomic E-state index is 0.0776. The van der Waals surface area contributed by atoms with E-state index in [9.17, 15) is 8.78 Å². The standard InChI is InChI=1S/C13H15ClF2/c1-8-3-4-10(12(16)11(8)15)13(2)6-5-9(14)7-13/h3-4,9H,5-7H2,1-2H3. The molecule has 0 aliphatic heterocycles. The lowest BCUT2D eigenvalue weighted by molar-refractivity contribution is 0.428. The Morgan fingerprint density at radius 3 is 2.56 bits per heavy atom. The van der Waals surface area contributed by atoms with E-state index in [1.54, 1.807) is 19.1 Å². The van der Waals surface area contributed by atoms with Gasteiger partial charge in [0, 0.05) is 5.38 Å². The van der Waals surface area contributed by atoms with E-state index < -0.39 is 11.6 Å². The third-order valence-electron chi connectivity index (χ3n) is 3.61. The van der Waals surface area contributed by atoms with E-state index in [2.05, 4.69) is 0 Å². The number of aryl methyl sites for hydroxylation is 1. The van der Waals surface area contributed by atoms with Crippen LogP contribution in [0.4, 0.5) is 8.78 Å². The van der Waals surface area contributed by atoms with Crippen LogP contribution in [0.15, 0.2) is 12.1 Å². The minimum Gasteiger partial charge on any atom is -0.203 e. The van der Waals surface area contributed by atoms with Gasteiger partial charge in [0.05, 0.1) is 0 Å². The van der Waals surface area contributed by atoms with Crippen LogP contribution in [0.5, 0.6) is 0 Å². The lowest BCUT2D eigenvalue weighted by Crippen LogP contribution is -2.20. The predicted molar refractivity (Wildman–Crippen MR) is 61.9 cm³/mol. The van der Waals surface area contributed by atoms with Gasteiger partial charge in [0.1, 0.15) is 0 Å². The molecule has 0 radical (unpaired) electrons. The fourth-order valence-electron chi connectivity index (χ4n) is 2.52. The molecule has 1 aliphatic rings. The van der Waals surface area contributed by atoms with Crippen molar-refractivity contribution < 1.29 is 8.78 Å². The number of hydrogen-bond donors (Lipinski definition) is 0. The highest BCUT2D eigenvalue weighted by molar-refractivity contribution is 6.20. The Morgan fingerprint density at radius 1 is 1.31 bits per heavy atom. The SMILES string of the molecule is Cc1ccc(C2(C)CCC(Cl)C2)c(F)c1F. The Kier molecular flexibility index (Phi) is 2.95. The Labute approximate surface area is 99.6 Å². The van der Waals surface area contributed by atoms with Crippen molar-refractivity contribution in [2.45, 2.75) is 43.9 Å². The summed E-state index contributed by atoms with van der Waals surface area (Å²) < 4.78 is 27.4. The van der Waals surface area contributed by atoms with Crippen molar-refractivity contribution in [3.63, 3.8) is 0 Å². The van der Waals surface area contributed by atoms with Crippen LogP contribution in [0.2, 0.25) is 0 Å². The van der Waals surface area contributed by atoms with E-state index >= 15 is 0 Å². The molecule has 2 rings (SSSR count). The van der Waals surface area contributed by atoms with Crippen LogP contribution in [0, 0.1) is 18.6 Å². The summed E-state index contributed by atoms with van der Waals surface area (Å²) in [7, 11) is 0. The van der Waals surface area contributed by atoms with Crippen molar-refractivity contribution >= 4 is 11.6 Å². The number of hydrogen-bond acceptors (Lipinski definition) is 0. The van der Waals surface area contributed by atoms with Crippen molar-refractivity contribution in [3.05, 3.63) is 34.9 Å². The second-order valence-corrected chi connectivity index (χ2v) is 5.58. The Hall–Kier alpha value is -0.630. The van der Waals surface area contributed by atoms with Gasteiger partial charge in [-0.3, -0.25) is 0 Å². The van der Waals surface area contributed by atoms with Gasteiger partial charge in [0.25, 0.3) is 0 Å². The summed E-state index contributed by atoms with van der Waals surface area (Å²) in [5.74, 6) is -1.43. The van der Waals surface area contributed by atoms with Crippen LogP contribution in [-0.2, 0) is 5.41 Å². The monoisotopic (exact) mass is 244 g/mol. The molecule has 0 amide bonds. The van der Waals surface area contributed by atoms with Gasteiger partial charge in [-0.05, 0) is 42.7 Å². The van der Waals surface area contributed by atoms with Gasteiger partial charge in [0.15, 0.2) is 11.6 Å². The summed E-state index contributed by atoms with van der Waals surface area (Å²) in [5.41, 5.74) is 0.509. The van der Waals surface area contributed by atoms with Crippen molar-refractivity contribution in [1.29, 1.82) is 0 Å². The van der Waals surface area contributed by atoms with Crippen LogP contribution in [0.3, 0.4) is 0 Å². The van der Waals surface area contributed by atoms with E-state index in [-0.39, 0.29) is 10.8 Å². The summed E-state index contributed by atoms with van der Waals surface area (Å²) in [6, 6.07) is 3.34. The maximum Gasteiger partial charge on any atom is 0.162 e. The van der Waals surface area contributed by atoms with Gasteiger partial charge in [-0.2, -0.15) is 0 Å². The van der Waals surface area contributed by atoms with Gasteiger partial charge in [-0.1, -0.05) is 19.1 Å². The van der Waals surface area contributed by atoms with E-state index in [4.69, 9.17) is 11.6 Å². The van der Waals surface area contributed by atoms with Gasteiger partial charge >= 0.3 is 0 Å². The van der Waals surface area contributed by atoms with Crippen molar-refractivity contribution in [3.8, 4) is 0 Å². The quantitative estimate of drug-likeness (QED) is 0.646. The molecule has 1 aromatic carbocycles. The molecule has 1 aliphatic carbocycles. The number of halogens is 3. The molecule has 0 saturated heterocycles. The van der Waals surface area contributed by atoms with E-state index in [1.807, 2.05) is 6.92 Å². The lowest BCUT2D eigenvalue weighted by Gasteiger charge is -2.25. The summed E-state index contributed by atoms with van der Waals surface area (Å²) in [4.78, 5) is 0. The van der Waals surface area contributed by atoms with Crippen LogP contribution in [0.25, 0.3) is 0 Å². The Bertz CT molecular complexity index is 417. The highest BCUT2D eigenvalue weighted by Gasteiger charge is 2.38. The van der Waals surface area contributed by atoms with Crippen molar-refractivity contribution in [2.24, 2.45) is 0 Å². The van der Waals surface area contributed by atoms with Crippen molar-refractivity contribution in [1.82, 2.24) is 0 Å². The molecule has 88 valence electrons. The maximum absolute atomic E-state index is 13.9. The normalized spacial score (nSPS) is 29.7. The molecular weight excluding hydrogens is 230 g/mol. The van der Waals surface area contributed by atoms with Crippen LogP contribution < -0.4 is 0 Å². The topological polar surface area (TPSA) is 0 Å². The molecule has 16 heavy (non-hydrogen) atoms. The van der Waals surface area contributed by atoms with Crippen LogP contribution >= 0.6 is 11.6 Å². The molecule has 1 saturated carbocycles. The molecule has 0 heterocycles. The summed E-state index contributed by atoms with van der Waals surface area (Å²) in [5, 5.41) is 0.0776. The molecule has 0 spiro atoms. The molecule has 2 atom stereocenters. The van der Waals surface area contributed by atoms with Gasteiger partial charge < -0.3 is 0 Å². The highest BCUT2D eigenvalue weighted by Crippen LogP contribution is 2.44. The molecule has 3 heteroatoms. The lowest BCUT2D eigenvalue weighted by atomic mass is 9.80. The fraction of sp³-hybridized carbons (Fsp3) is 0.538. The van der Waals surface area contributed by atoms with E-state index in [1.165, 1.54) is 0 Å². The number of benzene rings is 1. The zero-order valence-electron chi connectivity index (χ0n) is 9.49. The number of alkyl halides is 1. The smallest absolute Gasteiger partial charge is 0.162 e. The van der Waals surface area contributed by atoms with Crippen LogP contribution in [0.1, 0.15) is 37.3 Å². The molecule has 1 fully saturated rings. The molecule has 0 aromatic heterocycles. The van der Waals surface area contributed by atoms with Gasteiger partial charge in [-0.25, -0.2) is 8.78 Å². The largest absolute Gasteiger partial charge is 0.203 e.